The van der Waals surface area contributed by atoms with Crippen LogP contribution >= 0.6 is 11.6 Å². The second kappa shape index (κ2) is 10.1. The summed E-state index contributed by atoms with van der Waals surface area (Å²) >= 11 is 5.87. The molecule has 1 heterocycles. The first-order valence-corrected chi connectivity index (χ1v) is 10.8. The van der Waals surface area contributed by atoms with E-state index in [1.54, 1.807) is 0 Å². The van der Waals surface area contributed by atoms with Crippen molar-refractivity contribution >= 4 is 11.6 Å². The Morgan fingerprint density at radius 1 is 0.846 bits per heavy atom. The molecule has 1 saturated carbocycles. The van der Waals surface area contributed by atoms with E-state index in [2.05, 4.69) is 36.2 Å². The summed E-state index contributed by atoms with van der Waals surface area (Å²) in [5.74, 6) is 1.96. The minimum absolute atomic E-state index is 0.547. The van der Waals surface area contributed by atoms with E-state index in [1.807, 2.05) is 18.3 Å². The Morgan fingerprint density at radius 2 is 1.50 bits per heavy atom. The maximum Gasteiger partial charge on any atom is 0.129 e. The maximum atomic E-state index is 5.87. The van der Waals surface area contributed by atoms with Crippen LogP contribution in [0.15, 0.2) is 42.6 Å². The summed E-state index contributed by atoms with van der Waals surface area (Å²) in [5, 5.41) is 0.547. The topological polar surface area (TPSA) is 12.9 Å². The largest absolute Gasteiger partial charge is 0.244 e. The number of halogens is 1. The minimum atomic E-state index is 0.547. The van der Waals surface area contributed by atoms with E-state index in [0.29, 0.717) is 5.15 Å². The number of aromatic nitrogens is 1. The molecule has 1 nitrogen and oxygen atoms in total. The molecule has 140 valence electrons. The van der Waals surface area contributed by atoms with E-state index in [4.69, 9.17) is 11.6 Å². The van der Waals surface area contributed by atoms with Gasteiger partial charge in [0.05, 0.1) is 0 Å². The monoisotopic (exact) mass is 369 g/mol. The number of aryl methyl sites for hydroxylation is 1. The fourth-order valence-corrected chi connectivity index (χ4v) is 4.38. The van der Waals surface area contributed by atoms with Gasteiger partial charge in [0.1, 0.15) is 5.15 Å². The molecule has 0 N–H and O–H groups in total. The second-order valence-electron chi connectivity index (χ2n) is 7.99. The molecule has 2 heteroatoms. The summed E-state index contributed by atoms with van der Waals surface area (Å²) in [6.45, 7) is 2.30. The van der Waals surface area contributed by atoms with Crippen LogP contribution in [0, 0.1) is 11.8 Å². The summed E-state index contributed by atoms with van der Waals surface area (Å²) in [4.78, 5) is 4.17. The van der Waals surface area contributed by atoms with Crippen LogP contribution in [0.25, 0.3) is 11.1 Å². The highest BCUT2D eigenvalue weighted by molar-refractivity contribution is 6.29. The van der Waals surface area contributed by atoms with Gasteiger partial charge in [-0.2, -0.15) is 0 Å². The SMILES string of the molecule is CCCCC[C@H]1CC[C@H](CCc2ccc(-c3ccc(Cl)nc3)cc2)CC1. The van der Waals surface area contributed by atoms with Crippen LogP contribution in [0.2, 0.25) is 5.15 Å². The fraction of sp³-hybridized carbons (Fsp3) is 0.542. The van der Waals surface area contributed by atoms with Gasteiger partial charge >= 0.3 is 0 Å². The summed E-state index contributed by atoms with van der Waals surface area (Å²) in [7, 11) is 0. The summed E-state index contributed by atoms with van der Waals surface area (Å²) < 4.78 is 0. The number of pyridine rings is 1. The number of rotatable bonds is 8. The van der Waals surface area contributed by atoms with Crippen molar-refractivity contribution in [2.24, 2.45) is 11.8 Å². The zero-order chi connectivity index (χ0) is 18.2. The lowest BCUT2D eigenvalue weighted by atomic mass is 9.78. The van der Waals surface area contributed by atoms with E-state index in [-0.39, 0.29) is 0 Å². The number of nitrogens with zero attached hydrogens (tertiary/aromatic N) is 1. The van der Waals surface area contributed by atoms with E-state index in [0.717, 1.165) is 17.4 Å². The Balaban J connectivity index is 1.42. The van der Waals surface area contributed by atoms with Crippen molar-refractivity contribution in [3.63, 3.8) is 0 Å². The summed E-state index contributed by atoms with van der Waals surface area (Å²) in [6, 6.07) is 12.9. The highest BCUT2D eigenvalue weighted by Crippen LogP contribution is 2.34. The summed E-state index contributed by atoms with van der Waals surface area (Å²) in [5.41, 5.74) is 3.80. The van der Waals surface area contributed by atoms with Crippen LogP contribution in [0.1, 0.15) is 70.3 Å². The normalized spacial score (nSPS) is 20.2. The Morgan fingerprint density at radius 3 is 2.12 bits per heavy atom. The number of hydrogen-bond acceptors (Lipinski definition) is 1. The molecule has 0 spiro atoms. The van der Waals surface area contributed by atoms with Gasteiger partial charge in [0.2, 0.25) is 0 Å². The third kappa shape index (κ3) is 5.84. The quantitative estimate of drug-likeness (QED) is 0.342. The first-order chi connectivity index (χ1) is 12.7. The average molecular weight is 370 g/mol. The molecular formula is C24H32ClN. The van der Waals surface area contributed by atoms with Gasteiger partial charge in [-0.25, -0.2) is 4.98 Å². The Kier molecular flexibility index (Phi) is 7.55. The molecule has 0 saturated heterocycles. The number of benzene rings is 1. The molecule has 0 amide bonds. The molecule has 0 unspecified atom stereocenters. The molecule has 0 aliphatic heterocycles. The zero-order valence-electron chi connectivity index (χ0n) is 16.1. The standard InChI is InChI=1S/C24H32ClN/c1-2-3-4-5-19-6-8-20(9-7-19)10-11-21-12-14-22(15-13-21)23-16-17-24(25)26-18-23/h12-20H,2-11H2,1H3/t19-,20-. The Bertz CT molecular complexity index is 639. The van der Waals surface area contributed by atoms with Crippen molar-refractivity contribution in [1.82, 2.24) is 4.98 Å². The van der Waals surface area contributed by atoms with Crippen molar-refractivity contribution in [1.29, 1.82) is 0 Å². The molecule has 1 aromatic heterocycles. The van der Waals surface area contributed by atoms with Crippen molar-refractivity contribution in [2.75, 3.05) is 0 Å². The molecule has 0 radical (unpaired) electrons. The highest BCUT2D eigenvalue weighted by Gasteiger charge is 2.20. The molecule has 2 aromatic rings. The molecule has 1 fully saturated rings. The molecule has 1 aliphatic carbocycles. The average Bonchev–Trinajstić information content (AvgIpc) is 2.69. The van der Waals surface area contributed by atoms with Crippen molar-refractivity contribution < 1.29 is 0 Å². The van der Waals surface area contributed by atoms with E-state index in [9.17, 15) is 0 Å². The number of hydrogen-bond donors (Lipinski definition) is 0. The predicted octanol–water partition coefficient (Wildman–Crippen LogP) is 7.72. The molecule has 0 bridgehead atoms. The van der Waals surface area contributed by atoms with Gasteiger partial charge in [-0.3, -0.25) is 0 Å². The molecule has 1 aliphatic rings. The highest BCUT2D eigenvalue weighted by atomic mass is 35.5. The summed E-state index contributed by atoms with van der Waals surface area (Å²) in [6.07, 6.45) is 15.9. The third-order valence-corrected chi connectivity index (χ3v) is 6.26. The lowest BCUT2D eigenvalue weighted by Crippen LogP contribution is -2.15. The van der Waals surface area contributed by atoms with Gasteiger partial charge in [0, 0.05) is 11.8 Å². The van der Waals surface area contributed by atoms with Crippen LogP contribution in [0.4, 0.5) is 0 Å². The van der Waals surface area contributed by atoms with Gasteiger partial charge < -0.3 is 0 Å². The van der Waals surface area contributed by atoms with Gasteiger partial charge in [-0.15, -0.1) is 0 Å². The lowest BCUT2D eigenvalue weighted by molar-refractivity contribution is 0.249. The van der Waals surface area contributed by atoms with Crippen molar-refractivity contribution in [2.45, 2.75) is 71.1 Å². The smallest absolute Gasteiger partial charge is 0.129 e. The lowest BCUT2D eigenvalue weighted by Gasteiger charge is -2.28. The first-order valence-electron chi connectivity index (χ1n) is 10.5. The van der Waals surface area contributed by atoms with E-state index < -0.39 is 0 Å². The first kappa shape index (κ1) is 19.4. The molecule has 3 rings (SSSR count). The maximum absolute atomic E-state index is 5.87. The van der Waals surface area contributed by atoms with Crippen LogP contribution in [0.5, 0.6) is 0 Å². The molecule has 0 atom stereocenters. The zero-order valence-corrected chi connectivity index (χ0v) is 16.8. The van der Waals surface area contributed by atoms with Crippen molar-refractivity contribution in [3.8, 4) is 11.1 Å². The fourth-order valence-electron chi connectivity index (χ4n) is 4.27. The van der Waals surface area contributed by atoms with E-state index >= 15 is 0 Å². The van der Waals surface area contributed by atoms with Gasteiger partial charge in [-0.05, 0) is 47.9 Å². The predicted molar refractivity (Wildman–Crippen MR) is 113 cm³/mol. The van der Waals surface area contributed by atoms with Crippen LogP contribution in [0.3, 0.4) is 0 Å². The minimum Gasteiger partial charge on any atom is -0.244 e. The van der Waals surface area contributed by atoms with Gasteiger partial charge in [-0.1, -0.05) is 94.2 Å². The van der Waals surface area contributed by atoms with Crippen LogP contribution in [-0.4, -0.2) is 4.98 Å². The molecule has 1 aromatic carbocycles. The third-order valence-electron chi connectivity index (χ3n) is 6.04. The Hall–Kier alpha value is -1.34. The van der Waals surface area contributed by atoms with Gasteiger partial charge in [0.15, 0.2) is 0 Å². The van der Waals surface area contributed by atoms with Crippen LogP contribution < -0.4 is 0 Å². The van der Waals surface area contributed by atoms with Gasteiger partial charge in [0.25, 0.3) is 0 Å². The number of unbranched alkanes of at least 4 members (excludes halogenated alkanes) is 2. The molecule has 26 heavy (non-hydrogen) atoms. The van der Waals surface area contributed by atoms with E-state index in [1.165, 1.54) is 75.3 Å². The molecular weight excluding hydrogens is 338 g/mol. The van der Waals surface area contributed by atoms with Crippen LogP contribution in [-0.2, 0) is 6.42 Å². The van der Waals surface area contributed by atoms with Crippen molar-refractivity contribution in [3.05, 3.63) is 53.3 Å². The Labute approximate surface area is 164 Å². The second-order valence-corrected chi connectivity index (χ2v) is 8.37.